The second-order valence-corrected chi connectivity index (χ2v) is 5.02. The Balaban J connectivity index is 1.64. The average molecular weight is 339 g/mol. The Hall–Kier alpha value is -3.55. The van der Waals surface area contributed by atoms with E-state index in [1.165, 1.54) is 7.11 Å². The highest BCUT2D eigenvalue weighted by molar-refractivity contribution is 5.99. The number of rotatable bonds is 5. The highest BCUT2D eigenvalue weighted by Crippen LogP contribution is 2.29. The number of pyridine rings is 1. The van der Waals surface area contributed by atoms with E-state index in [0.717, 1.165) is 0 Å². The van der Waals surface area contributed by atoms with Crippen LogP contribution in [0.15, 0.2) is 55.2 Å². The highest BCUT2D eigenvalue weighted by atomic mass is 16.5. The van der Waals surface area contributed by atoms with Gasteiger partial charge in [0.05, 0.1) is 26.1 Å². The number of nitrogens with zero attached hydrogens (tertiary/aromatic N) is 3. The zero-order chi connectivity index (χ0) is 17.6. The smallest absolute Gasteiger partial charge is 0.323 e. The van der Waals surface area contributed by atoms with Gasteiger partial charge in [-0.15, -0.1) is 0 Å². The van der Waals surface area contributed by atoms with Crippen LogP contribution in [-0.2, 0) is 0 Å². The first-order valence-corrected chi connectivity index (χ1v) is 7.44. The fourth-order valence-electron chi connectivity index (χ4n) is 2.21. The van der Waals surface area contributed by atoms with Crippen LogP contribution < -0.4 is 20.1 Å². The molecule has 0 aliphatic carbocycles. The second-order valence-electron chi connectivity index (χ2n) is 5.02. The second kappa shape index (κ2) is 7.35. The minimum atomic E-state index is -0.385. The number of benzene rings is 1. The van der Waals surface area contributed by atoms with Crippen LogP contribution in [0, 0.1) is 0 Å². The van der Waals surface area contributed by atoms with Crippen LogP contribution in [0.3, 0.4) is 0 Å². The van der Waals surface area contributed by atoms with Gasteiger partial charge in [-0.1, -0.05) is 0 Å². The molecule has 0 spiro atoms. The van der Waals surface area contributed by atoms with Crippen molar-refractivity contribution in [3.05, 3.63) is 55.2 Å². The molecule has 0 fully saturated rings. The summed E-state index contributed by atoms with van der Waals surface area (Å²) in [5.41, 5.74) is 1.15. The van der Waals surface area contributed by atoms with E-state index in [-0.39, 0.29) is 6.03 Å². The molecule has 0 unspecified atom stereocenters. The molecule has 0 atom stereocenters. The Bertz CT molecular complexity index is 847. The highest BCUT2D eigenvalue weighted by Gasteiger charge is 2.08. The van der Waals surface area contributed by atoms with E-state index in [9.17, 15) is 4.79 Å². The number of urea groups is 1. The maximum atomic E-state index is 12.1. The molecular weight excluding hydrogens is 322 g/mol. The number of carbonyl (C=O) groups is 1. The Kier molecular flexibility index (Phi) is 4.79. The van der Waals surface area contributed by atoms with Crippen LogP contribution in [0.5, 0.6) is 11.5 Å². The molecule has 25 heavy (non-hydrogen) atoms. The normalized spacial score (nSPS) is 10.2. The maximum Gasteiger partial charge on any atom is 0.323 e. The molecule has 8 nitrogen and oxygen atoms in total. The lowest BCUT2D eigenvalue weighted by Gasteiger charge is -2.11. The molecule has 0 saturated heterocycles. The zero-order valence-electron chi connectivity index (χ0n) is 13.8. The Morgan fingerprint density at radius 1 is 1.04 bits per heavy atom. The van der Waals surface area contributed by atoms with E-state index in [1.807, 2.05) is 0 Å². The van der Waals surface area contributed by atoms with Gasteiger partial charge in [0, 0.05) is 24.1 Å². The third-order valence-corrected chi connectivity index (χ3v) is 3.42. The van der Waals surface area contributed by atoms with Gasteiger partial charge in [0.15, 0.2) is 11.5 Å². The van der Waals surface area contributed by atoms with Crippen molar-refractivity contribution in [3.8, 4) is 17.3 Å². The number of hydrogen-bond acceptors (Lipinski definition) is 5. The summed E-state index contributed by atoms with van der Waals surface area (Å²) in [4.78, 5) is 20.4. The van der Waals surface area contributed by atoms with E-state index in [1.54, 1.807) is 66.9 Å². The average Bonchev–Trinajstić information content (AvgIpc) is 3.17. The number of carbonyl (C=O) groups excluding carboxylic acids is 1. The third-order valence-electron chi connectivity index (χ3n) is 3.42. The van der Waals surface area contributed by atoms with Gasteiger partial charge < -0.3 is 20.1 Å². The topological polar surface area (TPSA) is 90.3 Å². The fourth-order valence-corrected chi connectivity index (χ4v) is 2.21. The number of imidazole rings is 1. The van der Waals surface area contributed by atoms with Gasteiger partial charge in [-0.05, 0) is 24.3 Å². The maximum absolute atomic E-state index is 12.1. The first-order valence-electron chi connectivity index (χ1n) is 7.44. The SMILES string of the molecule is COc1ccc(NC(=O)Nc2ccc(-n3ccnc3)nc2)cc1OC. The van der Waals surface area contributed by atoms with E-state index in [0.29, 0.717) is 28.7 Å². The van der Waals surface area contributed by atoms with Gasteiger partial charge in [-0.2, -0.15) is 0 Å². The molecule has 0 saturated carbocycles. The first kappa shape index (κ1) is 16.3. The molecule has 8 heteroatoms. The van der Waals surface area contributed by atoms with Crippen LogP contribution in [-0.4, -0.2) is 34.8 Å². The summed E-state index contributed by atoms with van der Waals surface area (Å²) < 4.78 is 12.1. The lowest BCUT2D eigenvalue weighted by atomic mass is 10.3. The Labute approximate surface area is 144 Å². The van der Waals surface area contributed by atoms with Gasteiger partial charge in [0.25, 0.3) is 0 Å². The Morgan fingerprint density at radius 2 is 1.80 bits per heavy atom. The molecule has 2 N–H and O–H groups in total. The number of nitrogens with one attached hydrogen (secondary N) is 2. The van der Waals surface area contributed by atoms with Crippen molar-refractivity contribution in [1.82, 2.24) is 14.5 Å². The monoisotopic (exact) mass is 339 g/mol. The lowest BCUT2D eigenvalue weighted by molar-refractivity contribution is 0.262. The molecule has 0 aliphatic heterocycles. The van der Waals surface area contributed by atoms with Crippen molar-refractivity contribution in [2.24, 2.45) is 0 Å². The molecule has 2 heterocycles. The number of ether oxygens (including phenoxy) is 2. The molecule has 2 aromatic heterocycles. The molecule has 0 aliphatic rings. The standard InChI is InChI=1S/C17H17N5O3/c1-24-14-5-3-12(9-15(14)25-2)20-17(23)21-13-4-6-16(19-10-13)22-8-7-18-11-22/h3-11H,1-2H3,(H2,20,21,23). The lowest BCUT2D eigenvalue weighted by Crippen LogP contribution is -2.19. The van der Waals surface area contributed by atoms with Crippen molar-refractivity contribution in [2.45, 2.75) is 0 Å². The molecule has 0 bridgehead atoms. The number of anilines is 2. The van der Waals surface area contributed by atoms with Crippen LogP contribution in [0.1, 0.15) is 0 Å². The number of methoxy groups -OCH3 is 2. The van der Waals surface area contributed by atoms with E-state index in [2.05, 4.69) is 20.6 Å². The molecular formula is C17H17N5O3. The molecule has 3 rings (SSSR count). The number of hydrogen-bond donors (Lipinski definition) is 2. The summed E-state index contributed by atoms with van der Waals surface area (Å²) in [6, 6.07) is 8.28. The van der Waals surface area contributed by atoms with Gasteiger partial charge in [0.2, 0.25) is 0 Å². The van der Waals surface area contributed by atoms with Crippen molar-refractivity contribution in [3.63, 3.8) is 0 Å². The minimum absolute atomic E-state index is 0.385. The molecule has 0 radical (unpaired) electrons. The molecule has 2 amide bonds. The fraction of sp³-hybridized carbons (Fsp3) is 0.118. The molecule has 1 aromatic carbocycles. The summed E-state index contributed by atoms with van der Waals surface area (Å²) in [6.07, 6.45) is 6.69. The van der Waals surface area contributed by atoms with Crippen molar-refractivity contribution in [1.29, 1.82) is 0 Å². The van der Waals surface area contributed by atoms with Crippen molar-refractivity contribution >= 4 is 17.4 Å². The summed E-state index contributed by atoms with van der Waals surface area (Å²) in [6.45, 7) is 0. The van der Waals surface area contributed by atoms with Crippen LogP contribution in [0.25, 0.3) is 5.82 Å². The Morgan fingerprint density at radius 3 is 2.44 bits per heavy atom. The third kappa shape index (κ3) is 3.86. The summed E-state index contributed by atoms with van der Waals surface area (Å²) in [5.74, 6) is 1.84. The molecule has 3 aromatic rings. The number of aromatic nitrogens is 3. The number of amides is 2. The zero-order valence-corrected chi connectivity index (χ0v) is 13.8. The predicted octanol–water partition coefficient (Wildman–Crippen LogP) is 2.93. The van der Waals surface area contributed by atoms with Crippen LogP contribution in [0.4, 0.5) is 16.2 Å². The first-order chi connectivity index (χ1) is 12.2. The van der Waals surface area contributed by atoms with E-state index >= 15 is 0 Å². The minimum Gasteiger partial charge on any atom is -0.493 e. The molecule has 128 valence electrons. The summed E-state index contributed by atoms with van der Waals surface area (Å²) in [7, 11) is 3.09. The van der Waals surface area contributed by atoms with Crippen molar-refractivity contribution < 1.29 is 14.3 Å². The summed E-state index contributed by atoms with van der Waals surface area (Å²) in [5, 5.41) is 5.45. The van der Waals surface area contributed by atoms with Gasteiger partial charge in [0.1, 0.15) is 12.1 Å². The van der Waals surface area contributed by atoms with E-state index in [4.69, 9.17) is 9.47 Å². The van der Waals surface area contributed by atoms with Crippen LogP contribution in [0.2, 0.25) is 0 Å². The van der Waals surface area contributed by atoms with E-state index < -0.39 is 0 Å². The van der Waals surface area contributed by atoms with Gasteiger partial charge >= 0.3 is 6.03 Å². The predicted molar refractivity (Wildman–Crippen MR) is 93.5 cm³/mol. The van der Waals surface area contributed by atoms with Crippen molar-refractivity contribution in [2.75, 3.05) is 24.9 Å². The quantitative estimate of drug-likeness (QED) is 0.746. The van der Waals surface area contributed by atoms with Gasteiger partial charge in [-0.3, -0.25) is 4.57 Å². The van der Waals surface area contributed by atoms with Gasteiger partial charge in [-0.25, -0.2) is 14.8 Å². The largest absolute Gasteiger partial charge is 0.493 e. The summed E-state index contributed by atoms with van der Waals surface area (Å²) >= 11 is 0. The van der Waals surface area contributed by atoms with Crippen LogP contribution >= 0.6 is 0 Å².